The minimum Gasteiger partial charge on any atom is -0.445 e. The first-order valence-electron chi connectivity index (χ1n) is 12.5. The molecule has 2 aliphatic heterocycles. The molecule has 2 aliphatic rings. The Balaban J connectivity index is 1.22. The van der Waals surface area contributed by atoms with E-state index in [0.717, 1.165) is 37.2 Å². The van der Waals surface area contributed by atoms with Crippen LogP contribution in [0.15, 0.2) is 59.5 Å². The Hall–Kier alpha value is -4.21. The average molecular weight is 504 g/mol. The van der Waals surface area contributed by atoms with Crippen LogP contribution < -0.4 is 21.1 Å². The summed E-state index contributed by atoms with van der Waals surface area (Å²) in [5.74, 6) is -0.534. The van der Waals surface area contributed by atoms with Gasteiger partial charge in [-0.2, -0.15) is 5.10 Å². The lowest BCUT2D eigenvalue weighted by atomic mass is 9.96. The van der Waals surface area contributed by atoms with Gasteiger partial charge in [0.2, 0.25) is 5.91 Å². The average Bonchev–Trinajstić information content (AvgIpc) is 2.92. The van der Waals surface area contributed by atoms with E-state index >= 15 is 0 Å². The molecule has 2 aromatic carbocycles. The van der Waals surface area contributed by atoms with Crippen LogP contribution >= 0.6 is 0 Å². The molecule has 10 nitrogen and oxygen atoms in total. The fraction of sp³-hybridized carbons (Fsp3) is 0.370. The summed E-state index contributed by atoms with van der Waals surface area (Å²) in [7, 11) is 0. The molecule has 2 fully saturated rings. The number of ether oxygens (including phenoxy) is 1. The van der Waals surface area contributed by atoms with Crippen molar-refractivity contribution >= 4 is 34.4 Å². The summed E-state index contributed by atoms with van der Waals surface area (Å²) in [5.41, 5.74) is 1.40. The molecule has 3 aromatic rings. The van der Waals surface area contributed by atoms with Crippen LogP contribution in [0.1, 0.15) is 37.3 Å². The number of anilines is 1. The number of fused-ring (bicyclic) bond motifs is 1. The minimum atomic E-state index is -0.805. The van der Waals surface area contributed by atoms with E-state index in [1.54, 1.807) is 6.20 Å². The third-order valence-corrected chi connectivity index (χ3v) is 7.03. The lowest BCUT2D eigenvalue weighted by Gasteiger charge is -2.34. The van der Waals surface area contributed by atoms with Crippen LogP contribution in [-0.4, -0.2) is 47.3 Å². The molecule has 3 amide bonds. The molecule has 0 saturated carbocycles. The number of amides is 3. The Morgan fingerprint density at radius 3 is 2.57 bits per heavy atom. The summed E-state index contributed by atoms with van der Waals surface area (Å²) >= 11 is 0. The molecular weight excluding hydrogens is 474 g/mol. The normalized spacial score (nSPS) is 18.5. The van der Waals surface area contributed by atoms with Crippen molar-refractivity contribution in [2.45, 2.75) is 38.3 Å². The Kier molecular flexibility index (Phi) is 7.16. The molecule has 5 rings (SSSR count). The molecular formula is C27H29N5O5. The third-order valence-electron chi connectivity index (χ3n) is 7.03. The van der Waals surface area contributed by atoms with Crippen LogP contribution in [0.2, 0.25) is 0 Å². The van der Waals surface area contributed by atoms with Gasteiger partial charge in [-0.15, -0.1) is 0 Å². The quantitative estimate of drug-likeness (QED) is 0.496. The molecule has 1 aromatic heterocycles. The standard InChI is InChI=1S/C27H29N5O5/c33-23-10-9-22(25(34)30-23)32-26(35)24-20(16-29-32)7-4-8-21(24)31-13-11-18(12-14-31)15-28-27(36)37-17-19-5-2-1-3-6-19/h1-8,16,18,22H,9-15,17H2,(H,28,36)(H,30,33,34). The van der Waals surface area contributed by atoms with Crippen LogP contribution in [0, 0.1) is 5.92 Å². The second-order valence-electron chi connectivity index (χ2n) is 9.48. The molecule has 0 bridgehead atoms. The first-order valence-corrected chi connectivity index (χ1v) is 12.5. The number of hydrogen-bond donors (Lipinski definition) is 2. The van der Waals surface area contributed by atoms with Crippen molar-refractivity contribution in [3.05, 3.63) is 70.6 Å². The molecule has 1 atom stereocenters. The number of alkyl carbamates (subject to hydrolysis) is 1. The minimum absolute atomic E-state index is 0.172. The van der Waals surface area contributed by atoms with Gasteiger partial charge >= 0.3 is 6.09 Å². The number of carbonyl (C=O) groups excluding carboxylic acids is 3. The van der Waals surface area contributed by atoms with Gasteiger partial charge in [0.05, 0.1) is 17.3 Å². The Bertz CT molecular complexity index is 1360. The van der Waals surface area contributed by atoms with E-state index in [0.29, 0.717) is 23.2 Å². The van der Waals surface area contributed by atoms with Gasteiger partial charge in [-0.1, -0.05) is 42.5 Å². The maximum Gasteiger partial charge on any atom is 0.407 e. The van der Waals surface area contributed by atoms with Gasteiger partial charge in [-0.05, 0) is 36.8 Å². The van der Waals surface area contributed by atoms with Crippen LogP contribution in [-0.2, 0) is 20.9 Å². The smallest absolute Gasteiger partial charge is 0.407 e. The zero-order chi connectivity index (χ0) is 25.8. The molecule has 10 heteroatoms. The lowest BCUT2D eigenvalue weighted by molar-refractivity contribution is -0.136. The topological polar surface area (TPSA) is 123 Å². The summed E-state index contributed by atoms with van der Waals surface area (Å²) in [4.78, 5) is 51.6. The van der Waals surface area contributed by atoms with Crippen LogP contribution in [0.4, 0.5) is 10.5 Å². The largest absolute Gasteiger partial charge is 0.445 e. The highest BCUT2D eigenvalue weighted by Crippen LogP contribution is 2.29. The van der Waals surface area contributed by atoms with E-state index in [4.69, 9.17) is 4.74 Å². The second kappa shape index (κ2) is 10.8. The van der Waals surface area contributed by atoms with Gasteiger partial charge in [0.1, 0.15) is 12.6 Å². The van der Waals surface area contributed by atoms with Gasteiger partial charge in [-0.25, -0.2) is 9.48 Å². The Morgan fingerprint density at radius 2 is 1.81 bits per heavy atom. The van der Waals surface area contributed by atoms with Crippen LogP contribution in [0.3, 0.4) is 0 Å². The fourth-order valence-corrected chi connectivity index (χ4v) is 4.97. The SMILES string of the molecule is O=C1CCC(n2ncc3cccc(N4CCC(CNC(=O)OCc5ccccc5)CC4)c3c2=O)C(=O)N1. The predicted octanol–water partition coefficient (Wildman–Crippen LogP) is 2.52. The van der Waals surface area contributed by atoms with Gasteiger partial charge in [-0.3, -0.25) is 19.7 Å². The summed E-state index contributed by atoms with van der Waals surface area (Å²) in [5, 5.41) is 10.6. The predicted molar refractivity (Wildman–Crippen MR) is 137 cm³/mol. The zero-order valence-corrected chi connectivity index (χ0v) is 20.4. The summed E-state index contributed by atoms with van der Waals surface area (Å²) in [6, 6.07) is 14.4. The molecule has 3 heterocycles. The third kappa shape index (κ3) is 5.47. The highest BCUT2D eigenvalue weighted by atomic mass is 16.5. The van der Waals surface area contributed by atoms with Crippen molar-refractivity contribution in [3.8, 4) is 0 Å². The van der Waals surface area contributed by atoms with Crippen molar-refractivity contribution < 1.29 is 19.1 Å². The number of nitrogens with zero attached hydrogens (tertiary/aromatic N) is 3. The maximum atomic E-state index is 13.5. The van der Waals surface area contributed by atoms with Crippen molar-refractivity contribution in [1.82, 2.24) is 20.4 Å². The summed E-state index contributed by atoms with van der Waals surface area (Å²) in [6.07, 6.45) is 3.29. The fourth-order valence-electron chi connectivity index (χ4n) is 4.97. The zero-order valence-electron chi connectivity index (χ0n) is 20.4. The second-order valence-corrected chi connectivity index (χ2v) is 9.48. The lowest BCUT2D eigenvalue weighted by Crippen LogP contribution is -2.45. The van der Waals surface area contributed by atoms with Crippen molar-refractivity contribution in [2.75, 3.05) is 24.5 Å². The van der Waals surface area contributed by atoms with Crippen LogP contribution in [0.5, 0.6) is 0 Å². The Labute approximate surface area is 213 Å². The van der Waals surface area contributed by atoms with Gasteiger partial charge in [0.25, 0.3) is 11.5 Å². The number of imide groups is 1. The first kappa shape index (κ1) is 24.5. The van der Waals surface area contributed by atoms with Crippen molar-refractivity contribution in [1.29, 1.82) is 0 Å². The molecule has 0 spiro atoms. The number of rotatable bonds is 6. The molecule has 37 heavy (non-hydrogen) atoms. The van der Waals surface area contributed by atoms with Gasteiger partial charge < -0.3 is 15.0 Å². The highest BCUT2D eigenvalue weighted by molar-refractivity contribution is 5.99. The van der Waals surface area contributed by atoms with Crippen molar-refractivity contribution in [3.63, 3.8) is 0 Å². The van der Waals surface area contributed by atoms with E-state index in [1.807, 2.05) is 48.5 Å². The van der Waals surface area contributed by atoms with E-state index in [-0.39, 0.29) is 30.9 Å². The van der Waals surface area contributed by atoms with Gasteiger partial charge in [0, 0.05) is 31.4 Å². The number of piperidine rings is 2. The van der Waals surface area contributed by atoms with E-state index < -0.39 is 18.0 Å². The van der Waals surface area contributed by atoms with Gasteiger partial charge in [0.15, 0.2) is 0 Å². The molecule has 2 N–H and O–H groups in total. The number of hydrogen-bond acceptors (Lipinski definition) is 7. The van der Waals surface area contributed by atoms with Crippen LogP contribution in [0.25, 0.3) is 10.8 Å². The monoisotopic (exact) mass is 503 g/mol. The molecule has 0 aliphatic carbocycles. The van der Waals surface area contributed by atoms with E-state index in [9.17, 15) is 19.2 Å². The van der Waals surface area contributed by atoms with E-state index in [2.05, 4.69) is 20.6 Å². The maximum absolute atomic E-state index is 13.5. The first-order chi connectivity index (χ1) is 18.0. The number of benzene rings is 2. The number of nitrogens with one attached hydrogen (secondary N) is 2. The van der Waals surface area contributed by atoms with E-state index in [1.165, 1.54) is 4.68 Å². The molecule has 1 unspecified atom stereocenters. The summed E-state index contributed by atoms with van der Waals surface area (Å²) < 4.78 is 6.49. The van der Waals surface area contributed by atoms with Crippen molar-refractivity contribution in [2.24, 2.45) is 5.92 Å². The number of carbonyl (C=O) groups is 3. The summed E-state index contributed by atoms with van der Waals surface area (Å²) in [6.45, 7) is 2.22. The molecule has 0 radical (unpaired) electrons. The number of aromatic nitrogens is 2. The molecule has 2 saturated heterocycles. The highest BCUT2D eigenvalue weighted by Gasteiger charge is 2.31. The molecule has 192 valence electrons. The Morgan fingerprint density at radius 1 is 1.03 bits per heavy atom.